The van der Waals surface area contributed by atoms with Gasteiger partial charge in [0.15, 0.2) is 0 Å². The summed E-state index contributed by atoms with van der Waals surface area (Å²) in [6.07, 6.45) is 0.990. The Kier molecular flexibility index (Phi) is 11.5. The van der Waals surface area contributed by atoms with Crippen LogP contribution in [0.25, 0.3) is 0 Å². The first-order chi connectivity index (χ1) is 10.2. The lowest BCUT2D eigenvalue weighted by Gasteiger charge is -2.15. The van der Waals surface area contributed by atoms with E-state index in [-0.39, 0.29) is 24.4 Å². The summed E-state index contributed by atoms with van der Waals surface area (Å²) >= 11 is 0. The van der Waals surface area contributed by atoms with Gasteiger partial charge in [-0.05, 0) is 31.0 Å². The van der Waals surface area contributed by atoms with Gasteiger partial charge in [-0.25, -0.2) is 0 Å². The number of hydrogen-bond donors (Lipinski definition) is 2. The van der Waals surface area contributed by atoms with Crippen molar-refractivity contribution in [1.82, 2.24) is 10.6 Å². The molecule has 0 saturated heterocycles. The highest BCUT2D eigenvalue weighted by Crippen LogP contribution is 2.17. The standard InChI is InChI=1S/C16H26N2O3.ClH/c1-4-10-21-15-7-5-14(6-8-15)13(2)18-16(19)12-17-9-11-20-3;/h5-8,13,17H,4,9-12H2,1-3H3,(H,18,19);1H. The maximum absolute atomic E-state index is 11.8. The van der Waals surface area contributed by atoms with Gasteiger partial charge < -0.3 is 20.1 Å². The van der Waals surface area contributed by atoms with Gasteiger partial charge in [0, 0.05) is 13.7 Å². The van der Waals surface area contributed by atoms with Crippen molar-refractivity contribution in [3.63, 3.8) is 0 Å². The average Bonchev–Trinajstić information content (AvgIpc) is 2.50. The lowest BCUT2D eigenvalue weighted by Crippen LogP contribution is -2.36. The fraction of sp³-hybridized carbons (Fsp3) is 0.562. The molecule has 0 aliphatic rings. The van der Waals surface area contributed by atoms with Crippen molar-refractivity contribution in [3.05, 3.63) is 29.8 Å². The van der Waals surface area contributed by atoms with Crippen molar-refractivity contribution >= 4 is 18.3 Å². The van der Waals surface area contributed by atoms with Crippen LogP contribution >= 0.6 is 12.4 Å². The summed E-state index contributed by atoms with van der Waals surface area (Å²) in [6, 6.07) is 7.80. The van der Waals surface area contributed by atoms with E-state index in [1.54, 1.807) is 7.11 Å². The van der Waals surface area contributed by atoms with E-state index < -0.39 is 0 Å². The van der Waals surface area contributed by atoms with Crippen LogP contribution in [-0.2, 0) is 9.53 Å². The molecule has 1 aromatic carbocycles. The second-order valence-electron chi connectivity index (χ2n) is 4.88. The summed E-state index contributed by atoms with van der Waals surface area (Å²) < 4.78 is 10.4. The quantitative estimate of drug-likeness (QED) is 0.646. The van der Waals surface area contributed by atoms with Crippen molar-refractivity contribution < 1.29 is 14.3 Å². The summed E-state index contributed by atoms with van der Waals surface area (Å²) in [7, 11) is 1.64. The van der Waals surface area contributed by atoms with Gasteiger partial charge in [0.25, 0.3) is 0 Å². The second-order valence-corrected chi connectivity index (χ2v) is 4.88. The molecule has 1 aromatic rings. The Bertz CT molecular complexity index is 412. The molecular weight excluding hydrogens is 304 g/mol. The Hall–Kier alpha value is -1.30. The molecule has 0 fully saturated rings. The second kappa shape index (κ2) is 12.3. The number of benzene rings is 1. The fourth-order valence-corrected chi connectivity index (χ4v) is 1.82. The van der Waals surface area contributed by atoms with Crippen LogP contribution in [-0.4, -0.2) is 39.3 Å². The van der Waals surface area contributed by atoms with Crippen molar-refractivity contribution in [1.29, 1.82) is 0 Å². The zero-order chi connectivity index (χ0) is 15.5. The minimum atomic E-state index is -0.0260. The topological polar surface area (TPSA) is 59.6 Å². The van der Waals surface area contributed by atoms with Gasteiger partial charge in [0.05, 0.1) is 25.8 Å². The molecule has 0 aliphatic heterocycles. The first kappa shape index (κ1) is 20.7. The molecule has 0 aliphatic carbocycles. The number of methoxy groups -OCH3 is 1. The van der Waals surface area contributed by atoms with Gasteiger partial charge in [-0.3, -0.25) is 4.79 Å². The molecule has 126 valence electrons. The number of rotatable bonds is 10. The summed E-state index contributed by atoms with van der Waals surface area (Å²) in [5, 5.41) is 5.97. The summed E-state index contributed by atoms with van der Waals surface area (Å²) in [5.74, 6) is 0.838. The molecule has 22 heavy (non-hydrogen) atoms. The molecule has 0 saturated carbocycles. The van der Waals surface area contributed by atoms with E-state index in [0.717, 1.165) is 24.3 Å². The van der Waals surface area contributed by atoms with Gasteiger partial charge >= 0.3 is 0 Å². The minimum Gasteiger partial charge on any atom is -0.494 e. The van der Waals surface area contributed by atoms with Crippen LogP contribution in [0.5, 0.6) is 5.75 Å². The first-order valence-electron chi connectivity index (χ1n) is 7.39. The molecule has 2 N–H and O–H groups in total. The summed E-state index contributed by atoms with van der Waals surface area (Å²) in [6.45, 7) is 6.33. The lowest BCUT2D eigenvalue weighted by molar-refractivity contribution is -0.120. The van der Waals surface area contributed by atoms with E-state index in [1.807, 2.05) is 31.2 Å². The number of halogens is 1. The molecule has 0 bridgehead atoms. The Morgan fingerprint density at radius 2 is 1.91 bits per heavy atom. The van der Waals surface area contributed by atoms with Crippen molar-refractivity contribution in [2.75, 3.05) is 33.4 Å². The number of hydrogen-bond acceptors (Lipinski definition) is 4. The number of carbonyl (C=O) groups is 1. The van der Waals surface area contributed by atoms with Gasteiger partial charge in [-0.2, -0.15) is 0 Å². The molecule has 0 radical (unpaired) electrons. The number of amides is 1. The van der Waals surface area contributed by atoms with Crippen LogP contribution in [0.4, 0.5) is 0 Å². The third-order valence-corrected chi connectivity index (χ3v) is 3.00. The monoisotopic (exact) mass is 330 g/mol. The van der Waals surface area contributed by atoms with Crippen molar-refractivity contribution in [3.8, 4) is 5.75 Å². The van der Waals surface area contributed by atoms with Crippen molar-refractivity contribution in [2.24, 2.45) is 0 Å². The smallest absolute Gasteiger partial charge is 0.234 e. The van der Waals surface area contributed by atoms with Gasteiger partial charge in [0.2, 0.25) is 5.91 Å². The molecule has 1 amide bonds. The van der Waals surface area contributed by atoms with E-state index in [9.17, 15) is 4.79 Å². The molecule has 1 atom stereocenters. The maximum atomic E-state index is 11.8. The summed E-state index contributed by atoms with van der Waals surface area (Å²) in [4.78, 5) is 11.8. The average molecular weight is 331 g/mol. The third-order valence-electron chi connectivity index (χ3n) is 3.00. The number of ether oxygens (including phenoxy) is 2. The number of nitrogens with one attached hydrogen (secondary N) is 2. The van der Waals surface area contributed by atoms with Gasteiger partial charge in [-0.15, -0.1) is 12.4 Å². The van der Waals surface area contributed by atoms with E-state index in [0.29, 0.717) is 19.7 Å². The van der Waals surface area contributed by atoms with E-state index in [4.69, 9.17) is 9.47 Å². The SMILES string of the molecule is CCCOc1ccc(C(C)NC(=O)CNCCOC)cc1.Cl. The van der Waals surface area contributed by atoms with Gasteiger partial charge in [-0.1, -0.05) is 19.1 Å². The largest absolute Gasteiger partial charge is 0.494 e. The first-order valence-corrected chi connectivity index (χ1v) is 7.39. The third kappa shape index (κ3) is 8.22. The van der Waals surface area contributed by atoms with E-state index in [1.165, 1.54) is 0 Å². The Morgan fingerprint density at radius 3 is 2.50 bits per heavy atom. The molecule has 6 heteroatoms. The van der Waals surface area contributed by atoms with Crippen molar-refractivity contribution in [2.45, 2.75) is 26.3 Å². The van der Waals surface area contributed by atoms with Crippen LogP contribution in [0.2, 0.25) is 0 Å². The van der Waals surface area contributed by atoms with Gasteiger partial charge in [0.1, 0.15) is 5.75 Å². The molecule has 0 heterocycles. The molecule has 0 spiro atoms. The number of carbonyl (C=O) groups excluding carboxylic acids is 1. The fourth-order valence-electron chi connectivity index (χ4n) is 1.82. The Labute approximate surface area is 139 Å². The molecule has 5 nitrogen and oxygen atoms in total. The minimum absolute atomic E-state index is 0. The summed E-state index contributed by atoms with van der Waals surface area (Å²) in [5.41, 5.74) is 1.06. The van der Waals surface area contributed by atoms with Crippen LogP contribution in [0.1, 0.15) is 31.9 Å². The highest BCUT2D eigenvalue weighted by atomic mass is 35.5. The Morgan fingerprint density at radius 1 is 1.23 bits per heavy atom. The molecule has 1 unspecified atom stereocenters. The molecular formula is C16H27ClN2O3. The van der Waals surface area contributed by atoms with Crippen LogP contribution in [0.15, 0.2) is 24.3 Å². The van der Waals surface area contributed by atoms with Crippen LogP contribution < -0.4 is 15.4 Å². The molecule has 1 rings (SSSR count). The maximum Gasteiger partial charge on any atom is 0.234 e. The van der Waals surface area contributed by atoms with Crippen LogP contribution in [0, 0.1) is 0 Å². The highest BCUT2D eigenvalue weighted by Gasteiger charge is 2.09. The van der Waals surface area contributed by atoms with E-state index >= 15 is 0 Å². The predicted molar refractivity (Wildman–Crippen MR) is 90.8 cm³/mol. The zero-order valence-electron chi connectivity index (χ0n) is 13.6. The highest BCUT2D eigenvalue weighted by molar-refractivity contribution is 5.85. The normalized spacial score (nSPS) is 11.4. The van der Waals surface area contributed by atoms with Crippen LogP contribution in [0.3, 0.4) is 0 Å². The molecule has 0 aromatic heterocycles. The Balaban J connectivity index is 0.00000441. The zero-order valence-corrected chi connectivity index (χ0v) is 14.4. The lowest BCUT2D eigenvalue weighted by atomic mass is 10.1. The van der Waals surface area contributed by atoms with E-state index in [2.05, 4.69) is 17.6 Å². The predicted octanol–water partition coefficient (Wildman–Crippen LogP) is 2.31.